The highest BCUT2D eigenvalue weighted by molar-refractivity contribution is 7.91. The van der Waals surface area contributed by atoms with Crippen LogP contribution in [0.3, 0.4) is 0 Å². The number of hydrogen-bond donors (Lipinski definition) is 3. The van der Waals surface area contributed by atoms with Gasteiger partial charge in [-0.05, 0) is 53.1 Å². The molecule has 1 heterocycles. The molecular formula is C25H21N3O4S. The van der Waals surface area contributed by atoms with Crippen molar-refractivity contribution in [2.75, 3.05) is 10.0 Å². The van der Waals surface area contributed by atoms with E-state index in [1.54, 1.807) is 72.9 Å². The number of nitrogens with one attached hydrogen (secondary N) is 3. The normalized spacial score (nSPS) is 11.0. The molecule has 1 amide bonds. The Kier molecular flexibility index (Phi) is 6.37. The fourth-order valence-corrected chi connectivity index (χ4v) is 4.49. The molecule has 4 rings (SSSR count). The van der Waals surface area contributed by atoms with Crippen LogP contribution in [-0.4, -0.2) is 19.3 Å². The lowest BCUT2D eigenvalue weighted by Crippen LogP contribution is -2.16. The van der Waals surface area contributed by atoms with Crippen molar-refractivity contribution in [3.8, 4) is 11.1 Å². The summed E-state index contributed by atoms with van der Waals surface area (Å²) in [7, 11) is -3.64. The highest BCUT2D eigenvalue weighted by atomic mass is 32.2. The first-order valence-electron chi connectivity index (χ1n) is 10.1. The van der Waals surface area contributed by atoms with E-state index < -0.39 is 10.0 Å². The topological polar surface area (TPSA) is 108 Å². The second-order valence-corrected chi connectivity index (χ2v) is 9.13. The van der Waals surface area contributed by atoms with Crippen LogP contribution in [0.5, 0.6) is 0 Å². The maximum Gasteiger partial charge on any atom is 0.255 e. The third-order valence-corrected chi connectivity index (χ3v) is 6.10. The minimum Gasteiger partial charge on any atom is -0.328 e. The molecule has 0 bridgehead atoms. The van der Waals surface area contributed by atoms with E-state index in [2.05, 4.69) is 15.0 Å². The number of benzene rings is 3. The Labute approximate surface area is 191 Å². The van der Waals surface area contributed by atoms with Gasteiger partial charge in [0, 0.05) is 29.2 Å². The maximum atomic E-state index is 12.8. The van der Waals surface area contributed by atoms with Gasteiger partial charge in [-0.2, -0.15) is 0 Å². The summed E-state index contributed by atoms with van der Waals surface area (Å²) >= 11 is 0. The summed E-state index contributed by atoms with van der Waals surface area (Å²) in [6.07, 6.45) is 1.61. The first kappa shape index (κ1) is 22.0. The van der Waals surface area contributed by atoms with Gasteiger partial charge >= 0.3 is 0 Å². The van der Waals surface area contributed by atoms with Crippen LogP contribution in [0.4, 0.5) is 11.4 Å². The van der Waals surface area contributed by atoms with Gasteiger partial charge in [-0.25, -0.2) is 8.42 Å². The van der Waals surface area contributed by atoms with Gasteiger partial charge in [0.1, 0.15) is 0 Å². The van der Waals surface area contributed by atoms with Crippen molar-refractivity contribution in [2.24, 2.45) is 0 Å². The Morgan fingerprint density at radius 1 is 0.788 bits per heavy atom. The van der Waals surface area contributed by atoms with Crippen molar-refractivity contribution in [3.05, 3.63) is 119 Å². The molecule has 7 nitrogen and oxygen atoms in total. The first-order chi connectivity index (χ1) is 15.9. The summed E-state index contributed by atoms with van der Waals surface area (Å²) in [6, 6.07) is 25.5. The number of amides is 1. The molecule has 0 unspecified atom stereocenters. The zero-order valence-corrected chi connectivity index (χ0v) is 18.3. The Balaban J connectivity index is 1.47. The number of carbonyl (C=O) groups excluding carboxylic acids is 1. The Morgan fingerprint density at radius 3 is 2.30 bits per heavy atom. The molecule has 3 aromatic carbocycles. The molecule has 0 aliphatic rings. The number of aromatic amines is 1. The van der Waals surface area contributed by atoms with Gasteiger partial charge in [0.05, 0.1) is 5.75 Å². The highest BCUT2D eigenvalue weighted by Gasteiger charge is 2.14. The largest absolute Gasteiger partial charge is 0.328 e. The Bertz CT molecular complexity index is 1430. The number of pyridine rings is 1. The minimum absolute atomic E-state index is 0.165. The van der Waals surface area contributed by atoms with Crippen LogP contribution in [0.15, 0.2) is 102 Å². The molecule has 33 heavy (non-hydrogen) atoms. The Hall–Kier alpha value is -4.17. The Morgan fingerprint density at radius 2 is 1.55 bits per heavy atom. The van der Waals surface area contributed by atoms with E-state index in [1.807, 2.05) is 12.1 Å². The van der Waals surface area contributed by atoms with E-state index in [0.717, 1.165) is 11.1 Å². The molecule has 0 radical (unpaired) electrons. The summed E-state index contributed by atoms with van der Waals surface area (Å²) < 4.78 is 27.5. The third kappa shape index (κ3) is 5.96. The van der Waals surface area contributed by atoms with Crippen molar-refractivity contribution < 1.29 is 13.2 Å². The molecule has 3 N–H and O–H groups in total. The van der Waals surface area contributed by atoms with Crippen LogP contribution in [0.25, 0.3) is 11.1 Å². The van der Waals surface area contributed by atoms with Gasteiger partial charge in [0.2, 0.25) is 15.6 Å². The predicted octanol–water partition coefficient (Wildman–Crippen LogP) is 4.24. The van der Waals surface area contributed by atoms with Crippen molar-refractivity contribution in [3.63, 3.8) is 0 Å². The molecule has 0 saturated heterocycles. The second-order valence-electron chi connectivity index (χ2n) is 7.40. The highest BCUT2D eigenvalue weighted by Crippen LogP contribution is 2.22. The zero-order chi connectivity index (χ0) is 23.3. The van der Waals surface area contributed by atoms with Crippen LogP contribution >= 0.6 is 0 Å². The van der Waals surface area contributed by atoms with Crippen LogP contribution in [0, 0.1) is 0 Å². The summed E-state index contributed by atoms with van der Waals surface area (Å²) in [4.78, 5) is 26.7. The second kappa shape index (κ2) is 9.54. The van der Waals surface area contributed by atoms with Crippen LogP contribution < -0.4 is 15.6 Å². The number of sulfonamides is 1. The zero-order valence-electron chi connectivity index (χ0n) is 17.5. The lowest BCUT2D eigenvalue weighted by Gasteiger charge is -2.11. The van der Waals surface area contributed by atoms with E-state index >= 15 is 0 Å². The summed E-state index contributed by atoms with van der Waals surface area (Å²) in [5.74, 6) is -0.542. The monoisotopic (exact) mass is 459 g/mol. The number of hydrogen-bond acceptors (Lipinski definition) is 4. The lowest BCUT2D eigenvalue weighted by atomic mass is 10.1. The lowest BCUT2D eigenvalue weighted by molar-refractivity contribution is 0.102. The number of aromatic nitrogens is 1. The third-order valence-electron chi connectivity index (χ3n) is 4.84. The van der Waals surface area contributed by atoms with Gasteiger partial charge in [0.25, 0.3) is 5.91 Å². The average molecular weight is 460 g/mol. The van der Waals surface area contributed by atoms with E-state index in [1.165, 1.54) is 12.1 Å². The quantitative estimate of drug-likeness (QED) is 0.384. The van der Waals surface area contributed by atoms with Gasteiger partial charge in [-0.1, -0.05) is 48.5 Å². The van der Waals surface area contributed by atoms with Gasteiger partial charge in [0.15, 0.2) is 0 Å². The van der Waals surface area contributed by atoms with Gasteiger partial charge in [-0.3, -0.25) is 14.3 Å². The molecule has 0 spiro atoms. The molecule has 0 fully saturated rings. The number of carbonyl (C=O) groups is 1. The number of H-pyrrole nitrogens is 1. The molecular weight excluding hydrogens is 438 g/mol. The SMILES string of the molecule is O=C(Nc1cccc(-c2ccc(=O)[nH]c2)c1)c1cccc(NS(=O)(=O)Cc2ccccc2)c1. The van der Waals surface area contributed by atoms with Crippen LogP contribution in [0.1, 0.15) is 15.9 Å². The number of anilines is 2. The van der Waals surface area contributed by atoms with E-state index in [-0.39, 0.29) is 17.2 Å². The molecule has 4 aromatic rings. The summed E-state index contributed by atoms with van der Waals surface area (Å²) in [6.45, 7) is 0. The van der Waals surface area contributed by atoms with Crippen LogP contribution in [-0.2, 0) is 15.8 Å². The number of rotatable bonds is 7. The van der Waals surface area contributed by atoms with Crippen molar-refractivity contribution in [1.29, 1.82) is 0 Å². The fourth-order valence-electron chi connectivity index (χ4n) is 3.30. The van der Waals surface area contributed by atoms with Crippen molar-refractivity contribution in [1.82, 2.24) is 4.98 Å². The van der Waals surface area contributed by atoms with E-state index in [9.17, 15) is 18.0 Å². The average Bonchev–Trinajstić information content (AvgIpc) is 2.80. The summed E-state index contributed by atoms with van der Waals surface area (Å²) in [5.41, 5.74) is 3.29. The van der Waals surface area contributed by atoms with Gasteiger partial charge < -0.3 is 10.3 Å². The van der Waals surface area contributed by atoms with Crippen LogP contribution in [0.2, 0.25) is 0 Å². The molecule has 0 aliphatic heterocycles. The first-order valence-corrected chi connectivity index (χ1v) is 11.8. The fraction of sp³-hybridized carbons (Fsp3) is 0.0400. The molecule has 8 heteroatoms. The standard InChI is InChI=1S/C25H21N3O4S/c29-24-13-12-21(16-26-24)19-8-4-10-22(14-19)27-25(30)20-9-5-11-23(15-20)28-33(31,32)17-18-6-2-1-3-7-18/h1-16,28H,17H2,(H,26,29)(H,27,30). The minimum atomic E-state index is -3.64. The molecule has 1 aromatic heterocycles. The van der Waals surface area contributed by atoms with E-state index in [4.69, 9.17) is 0 Å². The van der Waals surface area contributed by atoms with Crippen molar-refractivity contribution in [2.45, 2.75) is 5.75 Å². The molecule has 0 saturated carbocycles. The molecule has 0 aliphatic carbocycles. The predicted molar refractivity (Wildman–Crippen MR) is 130 cm³/mol. The summed E-state index contributed by atoms with van der Waals surface area (Å²) in [5, 5.41) is 2.82. The van der Waals surface area contributed by atoms with Crippen molar-refractivity contribution >= 4 is 27.3 Å². The smallest absolute Gasteiger partial charge is 0.255 e. The van der Waals surface area contributed by atoms with Gasteiger partial charge in [-0.15, -0.1) is 0 Å². The molecule has 0 atom stereocenters. The maximum absolute atomic E-state index is 12.8. The van der Waals surface area contributed by atoms with E-state index in [0.29, 0.717) is 22.5 Å². The molecule has 166 valence electrons.